The third kappa shape index (κ3) is 5.97. The second-order valence-electron chi connectivity index (χ2n) is 4.56. The van der Waals surface area contributed by atoms with Gasteiger partial charge in [0.25, 0.3) is 0 Å². The number of carboxylic acid groups (broad SMARTS) is 1. The Labute approximate surface area is 107 Å². The van der Waals surface area contributed by atoms with Crippen molar-refractivity contribution in [3.05, 3.63) is 0 Å². The van der Waals surface area contributed by atoms with Gasteiger partial charge in [0.05, 0.1) is 12.5 Å². The van der Waals surface area contributed by atoms with E-state index >= 15 is 0 Å². The first-order valence-electron chi connectivity index (χ1n) is 6.35. The van der Waals surface area contributed by atoms with Crippen molar-refractivity contribution in [2.75, 3.05) is 33.3 Å². The van der Waals surface area contributed by atoms with Crippen LogP contribution in [0.5, 0.6) is 0 Å². The number of methoxy groups -OCH3 is 1. The molecule has 1 unspecified atom stereocenters. The number of nitrogens with one attached hydrogen (secondary N) is 1. The Kier molecular flexibility index (Phi) is 6.67. The topological polar surface area (TPSA) is 78.9 Å². The van der Waals surface area contributed by atoms with Crippen molar-refractivity contribution in [3.63, 3.8) is 0 Å². The number of carbonyl (C=O) groups excluding carboxylic acids is 1. The van der Waals surface area contributed by atoms with E-state index < -0.39 is 12.1 Å². The SMILES string of the molecule is COC(CNC(=O)CCN1CCCC1)CC(=O)O. The number of amides is 1. The number of hydrogen-bond acceptors (Lipinski definition) is 4. The molecule has 6 heteroatoms. The molecule has 1 rings (SSSR count). The van der Waals surface area contributed by atoms with Gasteiger partial charge in [-0.2, -0.15) is 0 Å². The van der Waals surface area contributed by atoms with Gasteiger partial charge < -0.3 is 20.1 Å². The number of likely N-dealkylation sites (tertiary alicyclic amines) is 1. The van der Waals surface area contributed by atoms with Crippen molar-refractivity contribution in [1.29, 1.82) is 0 Å². The molecule has 0 radical (unpaired) electrons. The van der Waals surface area contributed by atoms with Gasteiger partial charge in [0.2, 0.25) is 5.91 Å². The lowest BCUT2D eigenvalue weighted by molar-refractivity contribution is -0.140. The van der Waals surface area contributed by atoms with Crippen molar-refractivity contribution in [3.8, 4) is 0 Å². The summed E-state index contributed by atoms with van der Waals surface area (Å²) < 4.78 is 4.98. The van der Waals surface area contributed by atoms with Crippen LogP contribution in [-0.4, -0.2) is 61.3 Å². The predicted molar refractivity (Wildman–Crippen MR) is 66.4 cm³/mol. The quantitative estimate of drug-likeness (QED) is 0.644. The van der Waals surface area contributed by atoms with Crippen LogP contribution in [0.25, 0.3) is 0 Å². The van der Waals surface area contributed by atoms with Gasteiger partial charge in [-0.3, -0.25) is 9.59 Å². The minimum Gasteiger partial charge on any atom is -0.481 e. The number of nitrogens with zero attached hydrogens (tertiary/aromatic N) is 1. The van der Waals surface area contributed by atoms with Crippen molar-refractivity contribution >= 4 is 11.9 Å². The fourth-order valence-electron chi connectivity index (χ4n) is 2.02. The molecule has 1 aliphatic rings. The van der Waals surface area contributed by atoms with Crippen molar-refractivity contribution in [1.82, 2.24) is 10.2 Å². The number of ether oxygens (including phenoxy) is 1. The molecule has 1 atom stereocenters. The van der Waals surface area contributed by atoms with E-state index in [-0.39, 0.29) is 18.9 Å². The molecule has 1 amide bonds. The number of carbonyl (C=O) groups is 2. The Bertz CT molecular complexity index is 277. The maximum absolute atomic E-state index is 11.6. The molecule has 1 saturated heterocycles. The normalized spacial score (nSPS) is 17.6. The molecule has 0 aromatic rings. The summed E-state index contributed by atoms with van der Waals surface area (Å²) >= 11 is 0. The smallest absolute Gasteiger partial charge is 0.306 e. The van der Waals surface area contributed by atoms with Gasteiger partial charge in [0.1, 0.15) is 0 Å². The zero-order valence-corrected chi connectivity index (χ0v) is 10.9. The van der Waals surface area contributed by atoms with E-state index in [4.69, 9.17) is 9.84 Å². The van der Waals surface area contributed by atoms with E-state index in [1.807, 2.05) is 0 Å². The largest absolute Gasteiger partial charge is 0.481 e. The highest BCUT2D eigenvalue weighted by Crippen LogP contribution is 2.07. The molecule has 1 heterocycles. The fraction of sp³-hybridized carbons (Fsp3) is 0.833. The van der Waals surface area contributed by atoms with Crippen LogP contribution in [-0.2, 0) is 14.3 Å². The molecule has 18 heavy (non-hydrogen) atoms. The van der Waals surface area contributed by atoms with E-state index in [2.05, 4.69) is 10.2 Å². The van der Waals surface area contributed by atoms with Crippen LogP contribution in [0.3, 0.4) is 0 Å². The Balaban J connectivity index is 2.12. The lowest BCUT2D eigenvalue weighted by Gasteiger charge is -2.16. The first-order valence-corrected chi connectivity index (χ1v) is 6.35. The van der Waals surface area contributed by atoms with Gasteiger partial charge in [-0.1, -0.05) is 0 Å². The Hall–Kier alpha value is -1.14. The first kappa shape index (κ1) is 14.9. The second kappa shape index (κ2) is 8.05. The summed E-state index contributed by atoms with van der Waals surface area (Å²) in [5.41, 5.74) is 0. The fourth-order valence-corrected chi connectivity index (χ4v) is 2.02. The molecule has 0 bridgehead atoms. The van der Waals surface area contributed by atoms with E-state index in [1.54, 1.807) is 0 Å². The first-order chi connectivity index (χ1) is 8.61. The van der Waals surface area contributed by atoms with E-state index in [9.17, 15) is 9.59 Å². The summed E-state index contributed by atoms with van der Waals surface area (Å²) in [7, 11) is 1.45. The molecule has 0 aromatic carbocycles. The Morgan fingerprint density at radius 1 is 1.39 bits per heavy atom. The molecule has 1 aliphatic heterocycles. The second-order valence-corrected chi connectivity index (χ2v) is 4.56. The van der Waals surface area contributed by atoms with Crippen LogP contribution in [0, 0.1) is 0 Å². The molecule has 0 aromatic heterocycles. The maximum atomic E-state index is 11.6. The van der Waals surface area contributed by atoms with Crippen LogP contribution in [0.1, 0.15) is 25.7 Å². The summed E-state index contributed by atoms with van der Waals surface area (Å²) in [4.78, 5) is 24.3. The van der Waals surface area contributed by atoms with E-state index in [1.165, 1.54) is 20.0 Å². The van der Waals surface area contributed by atoms with Crippen molar-refractivity contribution < 1.29 is 19.4 Å². The minimum atomic E-state index is -0.923. The molecule has 0 saturated carbocycles. The number of aliphatic carboxylic acids is 1. The van der Waals surface area contributed by atoms with Gasteiger partial charge in [0.15, 0.2) is 0 Å². The molecular weight excluding hydrogens is 236 g/mol. The van der Waals surface area contributed by atoms with E-state index in [0.29, 0.717) is 6.42 Å². The summed E-state index contributed by atoms with van der Waals surface area (Å²) in [6.07, 6.45) is 2.34. The highest BCUT2D eigenvalue weighted by Gasteiger charge is 2.15. The molecule has 2 N–H and O–H groups in total. The van der Waals surface area contributed by atoms with Crippen LogP contribution in [0.2, 0.25) is 0 Å². The summed E-state index contributed by atoms with van der Waals surface area (Å²) in [6, 6.07) is 0. The minimum absolute atomic E-state index is 0.0469. The Morgan fingerprint density at radius 2 is 2.06 bits per heavy atom. The van der Waals surface area contributed by atoms with Crippen LogP contribution in [0.15, 0.2) is 0 Å². The monoisotopic (exact) mass is 258 g/mol. The average molecular weight is 258 g/mol. The van der Waals surface area contributed by atoms with Crippen LogP contribution in [0.4, 0.5) is 0 Å². The average Bonchev–Trinajstić information content (AvgIpc) is 2.84. The molecular formula is C12H22N2O4. The van der Waals surface area contributed by atoms with Crippen LogP contribution >= 0.6 is 0 Å². The standard InChI is InChI=1S/C12H22N2O4/c1-18-10(8-12(16)17)9-13-11(15)4-7-14-5-2-3-6-14/h10H,2-9H2,1H3,(H,13,15)(H,16,17). The highest BCUT2D eigenvalue weighted by atomic mass is 16.5. The zero-order valence-electron chi connectivity index (χ0n) is 10.9. The molecule has 1 fully saturated rings. The predicted octanol–water partition coefficient (Wildman–Crippen LogP) is 0.0782. The number of carboxylic acids is 1. The lowest BCUT2D eigenvalue weighted by Crippen LogP contribution is -2.36. The molecule has 0 aliphatic carbocycles. The zero-order chi connectivity index (χ0) is 13.4. The lowest BCUT2D eigenvalue weighted by atomic mass is 10.2. The molecule has 104 valence electrons. The number of hydrogen-bond donors (Lipinski definition) is 2. The maximum Gasteiger partial charge on any atom is 0.306 e. The van der Waals surface area contributed by atoms with Crippen LogP contribution < -0.4 is 5.32 Å². The molecule has 6 nitrogen and oxygen atoms in total. The van der Waals surface area contributed by atoms with Gasteiger partial charge in [-0.25, -0.2) is 0 Å². The third-order valence-corrected chi connectivity index (χ3v) is 3.12. The van der Waals surface area contributed by atoms with Gasteiger partial charge in [-0.15, -0.1) is 0 Å². The van der Waals surface area contributed by atoms with Gasteiger partial charge in [-0.05, 0) is 25.9 Å². The summed E-state index contributed by atoms with van der Waals surface area (Å²) in [6.45, 7) is 3.18. The van der Waals surface area contributed by atoms with Crippen molar-refractivity contribution in [2.24, 2.45) is 0 Å². The van der Waals surface area contributed by atoms with Gasteiger partial charge >= 0.3 is 5.97 Å². The summed E-state index contributed by atoms with van der Waals surface area (Å²) in [5, 5.41) is 11.3. The highest BCUT2D eigenvalue weighted by molar-refractivity contribution is 5.76. The third-order valence-electron chi connectivity index (χ3n) is 3.12. The van der Waals surface area contributed by atoms with E-state index in [0.717, 1.165) is 19.6 Å². The molecule has 0 spiro atoms. The van der Waals surface area contributed by atoms with Gasteiger partial charge in [0, 0.05) is 26.6 Å². The Morgan fingerprint density at radius 3 is 2.61 bits per heavy atom. The summed E-state index contributed by atoms with van der Waals surface area (Å²) in [5.74, 6) is -0.970. The number of rotatable bonds is 8. The van der Waals surface area contributed by atoms with Crippen molar-refractivity contribution in [2.45, 2.75) is 31.8 Å².